The smallest absolute Gasteiger partial charge is 0.296 e. The highest BCUT2D eigenvalue weighted by Gasteiger charge is 2.30. The summed E-state index contributed by atoms with van der Waals surface area (Å²) in [4.78, 5) is 19.5. The molecule has 0 N–H and O–H groups in total. The first-order chi connectivity index (χ1) is 10.5. The van der Waals surface area contributed by atoms with Crippen LogP contribution in [0.3, 0.4) is 0 Å². The Morgan fingerprint density at radius 2 is 1.64 bits per heavy atom. The molecule has 3 rings (SSSR count). The van der Waals surface area contributed by atoms with Gasteiger partial charge in [0, 0.05) is 5.56 Å². The zero-order chi connectivity index (χ0) is 15.7. The summed E-state index contributed by atoms with van der Waals surface area (Å²) in [5, 5.41) is 0. The van der Waals surface area contributed by atoms with Crippen molar-refractivity contribution >= 4 is 17.3 Å². The van der Waals surface area contributed by atoms with E-state index in [-0.39, 0.29) is 11.2 Å². The summed E-state index contributed by atoms with van der Waals surface area (Å²) in [6.45, 7) is 0. The Labute approximate surface area is 123 Å². The third-order valence-electron chi connectivity index (χ3n) is 3.18. The van der Waals surface area contributed by atoms with E-state index in [4.69, 9.17) is 0 Å². The number of rotatable bonds is 2. The highest BCUT2D eigenvalue weighted by molar-refractivity contribution is 5.88. The number of hydrogen-bond donors (Lipinski definition) is 0. The predicted octanol–water partition coefficient (Wildman–Crippen LogP) is 4.13. The first-order valence-corrected chi connectivity index (χ1v) is 6.38. The molecule has 0 atom stereocenters. The number of carbonyl (C=O) groups is 1. The molecule has 0 bridgehead atoms. The molecule has 110 valence electrons. The molecule has 6 heteroatoms. The van der Waals surface area contributed by atoms with E-state index in [1.54, 1.807) is 24.3 Å². The Balaban J connectivity index is 2.23. The van der Waals surface area contributed by atoms with E-state index in [0.717, 1.165) is 12.1 Å². The van der Waals surface area contributed by atoms with E-state index >= 15 is 0 Å². The average molecular weight is 302 g/mol. The van der Waals surface area contributed by atoms with E-state index in [0.29, 0.717) is 23.1 Å². The zero-order valence-corrected chi connectivity index (χ0v) is 11.1. The molecule has 3 nitrogen and oxygen atoms in total. The lowest BCUT2D eigenvalue weighted by atomic mass is 10.1. The molecule has 0 amide bonds. The number of benzene rings is 2. The van der Waals surface area contributed by atoms with Crippen LogP contribution in [-0.2, 0) is 6.18 Å². The SMILES string of the molecule is O=Cc1nc2cc(C(F)(F)F)ccc2nc1-c1ccccc1. The van der Waals surface area contributed by atoms with Crippen LogP contribution in [0.5, 0.6) is 0 Å². The van der Waals surface area contributed by atoms with Crippen LogP contribution in [0.15, 0.2) is 48.5 Å². The summed E-state index contributed by atoms with van der Waals surface area (Å²) in [5.41, 5.74) is 0.562. The van der Waals surface area contributed by atoms with Crippen LogP contribution in [-0.4, -0.2) is 16.3 Å². The molecule has 1 aromatic heterocycles. The fourth-order valence-electron chi connectivity index (χ4n) is 2.13. The second-order valence-electron chi connectivity index (χ2n) is 4.64. The molecule has 0 saturated carbocycles. The molecular formula is C16H9F3N2O. The fourth-order valence-corrected chi connectivity index (χ4v) is 2.13. The van der Waals surface area contributed by atoms with Crippen molar-refractivity contribution in [3.63, 3.8) is 0 Å². The molecule has 1 heterocycles. The number of nitrogens with zero attached hydrogens (tertiary/aromatic N) is 2. The molecule has 0 fully saturated rings. The Hall–Kier alpha value is -2.76. The van der Waals surface area contributed by atoms with Gasteiger partial charge in [-0.1, -0.05) is 30.3 Å². The number of hydrogen-bond acceptors (Lipinski definition) is 3. The van der Waals surface area contributed by atoms with Gasteiger partial charge < -0.3 is 0 Å². The number of halogens is 3. The van der Waals surface area contributed by atoms with Gasteiger partial charge in [0.1, 0.15) is 11.4 Å². The molecule has 0 spiro atoms. The standard InChI is InChI=1S/C16H9F3N2O/c17-16(18,19)11-6-7-12-13(8-11)20-14(9-22)15(21-12)10-4-2-1-3-5-10/h1-9H. The van der Waals surface area contributed by atoms with Crippen molar-refractivity contribution in [1.29, 1.82) is 0 Å². The molecule has 0 saturated heterocycles. The minimum atomic E-state index is -4.46. The van der Waals surface area contributed by atoms with Crippen molar-refractivity contribution in [1.82, 2.24) is 9.97 Å². The van der Waals surface area contributed by atoms with Gasteiger partial charge in [-0.2, -0.15) is 13.2 Å². The number of fused-ring (bicyclic) bond motifs is 1. The van der Waals surface area contributed by atoms with Gasteiger partial charge in [-0.25, -0.2) is 9.97 Å². The molecule has 0 aliphatic heterocycles. The van der Waals surface area contributed by atoms with Gasteiger partial charge in [-0.05, 0) is 18.2 Å². The molecule has 0 aliphatic carbocycles. The summed E-state index contributed by atoms with van der Waals surface area (Å²) in [5.74, 6) is 0. The summed E-state index contributed by atoms with van der Waals surface area (Å²) in [7, 11) is 0. The van der Waals surface area contributed by atoms with Gasteiger partial charge in [0.2, 0.25) is 0 Å². The molecule has 22 heavy (non-hydrogen) atoms. The highest BCUT2D eigenvalue weighted by Crippen LogP contribution is 2.31. The lowest BCUT2D eigenvalue weighted by Crippen LogP contribution is -2.05. The topological polar surface area (TPSA) is 42.9 Å². The maximum absolute atomic E-state index is 12.7. The summed E-state index contributed by atoms with van der Waals surface area (Å²) in [6, 6.07) is 12.0. The van der Waals surface area contributed by atoms with E-state index < -0.39 is 11.7 Å². The minimum absolute atomic E-state index is 0.0121. The molecule has 3 aromatic rings. The number of aldehydes is 1. The maximum Gasteiger partial charge on any atom is 0.416 e. The van der Waals surface area contributed by atoms with E-state index in [9.17, 15) is 18.0 Å². The Bertz CT molecular complexity index is 845. The maximum atomic E-state index is 12.7. The van der Waals surface area contributed by atoms with Gasteiger partial charge in [0.15, 0.2) is 6.29 Å². The van der Waals surface area contributed by atoms with Crippen LogP contribution >= 0.6 is 0 Å². The highest BCUT2D eigenvalue weighted by atomic mass is 19.4. The number of carbonyl (C=O) groups excluding carboxylic acids is 1. The summed E-state index contributed by atoms with van der Waals surface area (Å²) >= 11 is 0. The first kappa shape index (κ1) is 14.2. The quantitative estimate of drug-likeness (QED) is 0.668. The normalized spacial score (nSPS) is 11.6. The van der Waals surface area contributed by atoms with Crippen molar-refractivity contribution in [3.8, 4) is 11.3 Å². The van der Waals surface area contributed by atoms with Gasteiger partial charge in [0.25, 0.3) is 0 Å². The minimum Gasteiger partial charge on any atom is -0.296 e. The molecule has 0 unspecified atom stereocenters. The first-order valence-electron chi connectivity index (χ1n) is 6.38. The molecule has 0 radical (unpaired) electrons. The van der Waals surface area contributed by atoms with Crippen LogP contribution < -0.4 is 0 Å². The van der Waals surface area contributed by atoms with Gasteiger partial charge in [-0.3, -0.25) is 4.79 Å². The Morgan fingerprint density at radius 1 is 0.909 bits per heavy atom. The van der Waals surface area contributed by atoms with Crippen LogP contribution in [0, 0.1) is 0 Å². The van der Waals surface area contributed by atoms with Crippen LogP contribution in [0.25, 0.3) is 22.3 Å². The van der Waals surface area contributed by atoms with Crippen molar-refractivity contribution < 1.29 is 18.0 Å². The van der Waals surface area contributed by atoms with Gasteiger partial charge >= 0.3 is 6.18 Å². The predicted molar refractivity (Wildman–Crippen MR) is 75.4 cm³/mol. The lowest BCUT2D eigenvalue weighted by Gasteiger charge is -2.09. The van der Waals surface area contributed by atoms with E-state index in [2.05, 4.69) is 9.97 Å². The number of aromatic nitrogens is 2. The molecule has 2 aromatic carbocycles. The summed E-state index contributed by atoms with van der Waals surface area (Å²) in [6.07, 6.45) is -3.97. The zero-order valence-electron chi connectivity index (χ0n) is 11.1. The van der Waals surface area contributed by atoms with Crippen LogP contribution in [0.4, 0.5) is 13.2 Å². The molecule has 0 aliphatic rings. The Kier molecular flexibility index (Phi) is 3.36. The third kappa shape index (κ3) is 2.55. The third-order valence-corrected chi connectivity index (χ3v) is 3.18. The van der Waals surface area contributed by atoms with Crippen LogP contribution in [0.2, 0.25) is 0 Å². The lowest BCUT2D eigenvalue weighted by molar-refractivity contribution is -0.137. The second kappa shape index (κ2) is 5.22. The average Bonchev–Trinajstić information content (AvgIpc) is 2.53. The fraction of sp³-hybridized carbons (Fsp3) is 0.0625. The largest absolute Gasteiger partial charge is 0.416 e. The van der Waals surface area contributed by atoms with E-state index in [1.165, 1.54) is 6.07 Å². The Morgan fingerprint density at radius 3 is 2.27 bits per heavy atom. The van der Waals surface area contributed by atoms with Crippen LogP contribution in [0.1, 0.15) is 16.1 Å². The van der Waals surface area contributed by atoms with Crippen molar-refractivity contribution in [3.05, 3.63) is 59.8 Å². The molecular weight excluding hydrogens is 293 g/mol. The van der Waals surface area contributed by atoms with Crippen molar-refractivity contribution in [2.45, 2.75) is 6.18 Å². The van der Waals surface area contributed by atoms with Gasteiger partial charge in [-0.15, -0.1) is 0 Å². The van der Waals surface area contributed by atoms with E-state index in [1.807, 2.05) is 6.07 Å². The summed E-state index contributed by atoms with van der Waals surface area (Å²) < 4.78 is 38.2. The monoisotopic (exact) mass is 302 g/mol. The van der Waals surface area contributed by atoms with Gasteiger partial charge in [0.05, 0.1) is 16.6 Å². The number of alkyl halides is 3. The van der Waals surface area contributed by atoms with Crippen molar-refractivity contribution in [2.24, 2.45) is 0 Å². The van der Waals surface area contributed by atoms with Crippen molar-refractivity contribution in [2.75, 3.05) is 0 Å². The second-order valence-corrected chi connectivity index (χ2v) is 4.64.